The standard InChI is InChI=1S/C22H21FN6O3/c1-3-32-16-10-8-14(9-11-16)12-24-27-21-25-19-18(20(30)26-22(31)28(19)2)29(21)13-15-6-4-5-7-17(15)23/h4-12H,3,13H2,1-2H3,(H,25,27)(H,26,30,31)/b24-12-. The molecule has 2 heterocycles. The SMILES string of the molecule is CCOc1ccc(/C=N\Nc2nc3c(c(=O)[nH]c(=O)n3C)n2Cc2ccccc2F)cc1. The maximum Gasteiger partial charge on any atom is 0.329 e. The Hall–Kier alpha value is -4.21. The maximum absolute atomic E-state index is 14.3. The van der Waals surface area contributed by atoms with Gasteiger partial charge in [-0.25, -0.2) is 14.6 Å². The second-order valence-electron chi connectivity index (χ2n) is 6.98. The van der Waals surface area contributed by atoms with Gasteiger partial charge in [-0.15, -0.1) is 0 Å². The molecule has 164 valence electrons. The maximum atomic E-state index is 14.3. The van der Waals surface area contributed by atoms with Crippen molar-refractivity contribution in [2.24, 2.45) is 12.1 Å². The van der Waals surface area contributed by atoms with Crippen molar-refractivity contribution >= 4 is 23.3 Å². The lowest BCUT2D eigenvalue weighted by Crippen LogP contribution is -2.29. The number of ether oxygens (including phenoxy) is 1. The molecule has 0 aliphatic rings. The summed E-state index contributed by atoms with van der Waals surface area (Å²) in [5.74, 6) is 0.529. The number of H-pyrrole nitrogens is 1. The third-order valence-corrected chi connectivity index (χ3v) is 4.86. The lowest BCUT2D eigenvalue weighted by atomic mass is 10.2. The van der Waals surface area contributed by atoms with Crippen LogP contribution >= 0.6 is 0 Å². The van der Waals surface area contributed by atoms with Gasteiger partial charge < -0.3 is 4.74 Å². The van der Waals surface area contributed by atoms with E-state index in [1.807, 2.05) is 31.2 Å². The fourth-order valence-electron chi connectivity index (χ4n) is 3.25. The quantitative estimate of drug-likeness (QED) is 0.342. The van der Waals surface area contributed by atoms with E-state index < -0.39 is 17.1 Å². The molecule has 0 unspecified atom stereocenters. The van der Waals surface area contributed by atoms with Gasteiger partial charge in [0.2, 0.25) is 5.95 Å². The van der Waals surface area contributed by atoms with Gasteiger partial charge in [0.15, 0.2) is 11.2 Å². The number of fused-ring (bicyclic) bond motifs is 1. The van der Waals surface area contributed by atoms with Crippen LogP contribution in [0.2, 0.25) is 0 Å². The van der Waals surface area contributed by atoms with Crippen molar-refractivity contribution in [3.8, 4) is 5.75 Å². The van der Waals surface area contributed by atoms with Crippen LogP contribution in [0.4, 0.5) is 10.3 Å². The van der Waals surface area contributed by atoms with Gasteiger partial charge in [-0.05, 0) is 42.8 Å². The molecule has 9 nitrogen and oxygen atoms in total. The van der Waals surface area contributed by atoms with Crippen LogP contribution in [-0.4, -0.2) is 31.9 Å². The second-order valence-corrected chi connectivity index (χ2v) is 6.98. The van der Waals surface area contributed by atoms with Crippen molar-refractivity contribution in [3.63, 3.8) is 0 Å². The highest BCUT2D eigenvalue weighted by Gasteiger charge is 2.18. The first kappa shape index (κ1) is 21.0. The van der Waals surface area contributed by atoms with Crippen LogP contribution in [0.1, 0.15) is 18.1 Å². The monoisotopic (exact) mass is 436 g/mol. The number of aromatic amines is 1. The Morgan fingerprint density at radius 1 is 1.19 bits per heavy atom. The van der Waals surface area contributed by atoms with Gasteiger partial charge in [-0.3, -0.25) is 18.9 Å². The van der Waals surface area contributed by atoms with Crippen LogP contribution in [0.25, 0.3) is 11.2 Å². The molecule has 10 heteroatoms. The van der Waals surface area contributed by atoms with Crippen LogP contribution in [0.3, 0.4) is 0 Å². The summed E-state index contributed by atoms with van der Waals surface area (Å²) in [7, 11) is 1.49. The zero-order valence-corrected chi connectivity index (χ0v) is 17.5. The van der Waals surface area contributed by atoms with Crippen molar-refractivity contribution in [2.75, 3.05) is 12.0 Å². The zero-order chi connectivity index (χ0) is 22.7. The normalized spacial score (nSPS) is 11.3. The van der Waals surface area contributed by atoms with E-state index >= 15 is 0 Å². The number of halogens is 1. The highest BCUT2D eigenvalue weighted by Crippen LogP contribution is 2.19. The topological polar surface area (TPSA) is 106 Å². The van der Waals surface area contributed by atoms with Gasteiger partial charge >= 0.3 is 5.69 Å². The molecular formula is C22H21FN6O3. The summed E-state index contributed by atoms with van der Waals surface area (Å²) in [6.45, 7) is 2.51. The van der Waals surface area contributed by atoms with Crippen molar-refractivity contribution in [2.45, 2.75) is 13.5 Å². The van der Waals surface area contributed by atoms with E-state index in [0.29, 0.717) is 12.2 Å². The summed E-state index contributed by atoms with van der Waals surface area (Å²) in [4.78, 5) is 31.2. The summed E-state index contributed by atoms with van der Waals surface area (Å²) >= 11 is 0. The number of benzene rings is 2. The highest BCUT2D eigenvalue weighted by molar-refractivity contribution is 5.80. The van der Waals surface area contributed by atoms with E-state index in [4.69, 9.17) is 4.74 Å². The summed E-state index contributed by atoms with van der Waals surface area (Å²) in [6.07, 6.45) is 1.58. The number of rotatable bonds is 7. The molecule has 4 rings (SSSR count). The van der Waals surface area contributed by atoms with E-state index in [9.17, 15) is 14.0 Å². The summed E-state index contributed by atoms with van der Waals surface area (Å²) < 4.78 is 22.4. The molecule has 0 saturated carbocycles. The van der Waals surface area contributed by atoms with Gasteiger partial charge in [-0.2, -0.15) is 10.1 Å². The van der Waals surface area contributed by atoms with Gasteiger partial charge in [0.25, 0.3) is 5.56 Å². The first-order chi connectivity index (χ1) is 15.5. The van der Waals surface area contributed by atoms with E-state index in [-0.39, 0.29) is 23.7 Å². The molecule has 2 N–H and O–H groups in total. The second kappa shape index (κ2) is 8.88. The molecule has 0 radical (unpaired) electrons. The molecule has 0 aliphatic heterocycles. The Morgan fingerprint density at radius 2 is 1.94 bits per heavy atom. The third-order valence-electron chi connectivity index (χ3n) is 4.86. The average Bonchev–Trinajstić information content (AvgIpc) is 3.14. The lowest BCUT2D eigenvalue weighted by Gasteiger charge is -2.09. The summed E-state index contributed by atoms with van der Waals surface area (Å²) in [6, 6.07) is 13.6. The molecule has 0 atom stereocenters. The van der Waals surface area contributed by atoms with E-state index in [2.05, 4.69) is 20.5 Å². The molecule has 2 aromatic heterocycles. The number of anilines is 1. The van der Waals surface area contributed by atoms with Gasteiger partial charge in [0.05, 0.1) is 19.4 Å². The van der Waals surface area contributed by atoms with Crippen LogP contribution in [0.5, 0.6) is 5.75 Å². The smallest absolute Gasteiger partial charge is 0.329 e. The van der Waals surface area contributed by atoms with Crippen molar-refractivity contribution < 1.29 is 9.13 Å². The molecule has 0 aliphatic carbocycles. The Morgan fingerprint density at radius 3 is 2.66 bits per heavy atom. The first-order valence-corrected chi connectivity index (χ1v) is 9.92. The van der Waals surface area contributed by atoms with Gasteiger partial charge in [0, 0.05) is 12.6 Å². The molecule has 4 aromatic rings. The number of hydrogen-bond donors (Lipinski definition) is 2. The molecule has 0 spiro atoms. The van der Waals surface area contributed by atoms with Crippen molar-refractivity contribution in [3.05, 3.63) is 86.3 Å². The fourth-order valence-corrected chi connectivity index (χ4v) is 3.25. The summed E-state index contributed by atoms with van der Waals surface area (Å²) in [5, 5.41) is 4.20. The Bertz CT molecular complexity index is 1400. The minimum atomic E-state index is -0.615. The number of aryl methyl sites for hydroxylation is 1. The summed E-state index contributed by atoms with van der Waals surface area (Å²) in [5.41, 5.74) is 3.06. The molecule has 32 heavy (non-hydrogen) atoms. The largest absolute Gasteiger partial charge is 0.494 e. The van der Waals surface area contributed by atoms with Crippen molar-refractivity contribution in [1.29, 1.82) is 0 Å². The minimum absolute atomic E-state index is 0.0192. The van der Waals surface area contributed by atoms with Gasteiger partial charge in [0.1, 0.15) is 11.6 Å². The number of aromatic nitrogens is 4. The number of nitrogens with one attached hydrogen (secondary N) is 2. The molecular weight excluding hydrogens is 415 g/mol. The molecule has 0 fully saturated rings. The molecule has 0 amide bonds. The molecule has 0 bridgehead atoms. The van der Waals surface area contributed by atoms with Crippen LogP contribution in [0.15, 0.2) is 63.2 Å². The lowest BCUT2D eigenvalue weighted by molar-refractivity contribution is 0.340. The predicted octanol–water partition coefficient (Wildman–Crippen LogP) is 2.46. The highest BCUT2D eigenvalue weighted by atomic mass is 19.1. The first-order valence-electron chi connectivity index (χ1n) is 9.92. The number of hydrazone groups is 1. The van der Waals surface area contributed by atoms with Crippen LogP contribution in [0, 0.1) is 5.82 Å². The minimum Gasteiger partial charge on any atom is -0.494 e. The van der Waals surface area contributed by atoms with E-state index in [1.54, 1.807) is 24.4 Å². The van der Waals surface area contributed by atoms with E-state index in [1.165, 1.54) is 22.2 Å². The predicted molar refractivity (Wildman–Crippen MR) is 120 cm³/mol. The third kappa shape index (κ3) is 4.15. The number of nitrogens with zero attached hydrogens (tertiary/aromatic N) is 4. The Balaban J connectivity index is 1.72. The zero-order valence-electron chi connectivity index (χ0n) is 17.5. The molecule has 0 saturated heterocycles. The van der Waals surface area contributed by atoms with Crippen LogP contribution < -0.4 is 21.4 Å². The fraction of sp³-hybridized carbons (Fsp3) is 0.182. The average molecular weight is 436 g/mol. The van der Waals surface area contributed by atoms with E-state index in [0.717, 1.165) is 11.3 Å². The number of imidazole rings is 1. The molecule has 2 aromatic carbocycles. The number of hydrogen-bond acceptors (Lipinski definition) is 6. The van der Waals surface area contributed by atoms with Crippen LogP contribution in [-0.2, 0) is 13.6 Å². The van der Waals surface area contributed by atoms with Crippen molar-refractivity contribution in [1.82, 2.24) is 19.1 Å². The Kier molecular flexibility index (Phi) is 5.84. The van der Waals surface area contributed by atoms with Gasteiger partial charge in [-0.1, -0.05) is 18.2 Å². The Labute approximate surface area is 181 Å².